The Morgan fingerprint density at radius 2 is 1.66 bits per heavy atom. The Kier molecular flexibility index (Phi) is 7.93. The van der Waals surface area contributed by atoms with E-state index in [1.807, 2.05) is 6.92 Å². The van der Waals surface area contributed by atoms with Gasteiger partial charge in [0.1, 0.15) is 12.1 Å². The summed E-state index contributed by atoms with van der Waals surface area (Å²) in [5, 5.41) is -0.122. The number of nitrogens with zero attached hydrogens (tertiary/aromatic N) is 1. The van der Waals surface area contributed by atoms with Gasteiger partial charge in [-0.1, -0.05) is 56.7 Å². The molecule has 3 rings (SSSR count). The van der Waals surface area contributed by atoms with Gasteiger partial charge in [-0.2, -0.15) is 0 Å². The highest BCUT2D eigenvalue weighted by Gasteiger charge is 2.47. The second kappa shape index (κ2) is 10.2. The van der Waals surface area contributed by atoms with Crippen LogP contribution in [0.1, 0.15) is 49.5 Å². The highest BCUT2D eigenvalue weighted by atomic mass is 32.2. The summed E-state index contributed by atoms with van der Waals surface area (Å²) in [4.78, 5) is 26.0. The molecule has 35 heavy (non-hydrogen) atoms. The smallest absolute Gasteiger partial charge is 0.338 e. The first kappa shape index (κ1) is 27.1. The van der Waals surface area contributed by atoms with Crippen molar-refractivity contribution in [2.45, 2.75) is 75.7 Å². The molecule has 0 aromatic heterocycles. The maximum absolute atomic E-state index is 13.7. The topological polar surface area (TPSA) is 90.0 Å². The number of hydrogen-bond donors (Lipinski definition) is 0. The molecule has 0 saturated carbocycles. The van der Waals surface area contributed by atoms with Crippen molar-refractivity contribution < 1.29 is 27.2 Å². The number of rotatable bonds is 7. The van der Waals surface area contributed by atoms with Crippen LogP contribution in [0.25, 0.3) is 0 Å². The molecule has 2 atom stereocenters. The predicted octanol–water partition coefficient (Wildman–Crippen LogP) is 4.92. The van der Waals surface area contributed by atoms with Crippen molar-refractivity contribution in [3.8, 4) is 0 Å². The van der Waals surface area contributed by atoms with Crippen LogP contribution >= 0.6 is 0 Å². The highest BCUT2D eigenvalue weighted by molar-refractivity contribution is 7.89. The van der Waals surface area contributed by atoms with Gasteiger partial charge in [-0.05, 0) is 55.7 Å². The van der Waals surface area contributed by atoms with E-state index in [1.54, 1.807) is 42.5 Å². The summed E-state index contributed by atoms with van der Waals surface area (Å²) >= 11 is 0. The molecular formula is C26H35NO6SSi. The number of amides is 1. The number of carbonyl (C=O) groups excluding carboxylic acids is 2. The fourth-order valence-electron chi connectivity index (χ4n) is 3.64. The monoisotopic (exact) mass is 517 g/mol. The van der Waals surface area contributed by atoms with Crippen molar-refractivity contribution in [1.82, 2.24) is 4.31 Å². The molecule has 2 aromatic carbocycles. The van der Waals surface area contributed by atoms with E-state index in [0.717, 1.165) is 9.87 Å². The molecule has 1 amide bonds. The van der Waals surface area contributed by atoms with Gasteiger partial charge in [0.15, 0.2) is 8.32 Å². The average Bonchev–Trinajstić information content (AvgIpc) is 2.79. The summed E-state index contributed by atoms with van der Waals surface area (Å²) in [6.45, 7) is 12.2. The van der Waals surface area contributed by atoms with Crippen molar-refractivity contribution in [1.29, 1.82) is 0 Å². The molecule has 1 aliphatic rings. The Balaban J connectivity index is 1.99. The van der Waals surface area contributed by atoms with Crippen LogP contribution in [0.5, 0.6) is 0 Å². The van der Waals surface area contributed by atoms with Crippen LogP contribution in [-0.2, 0) is 24.0 Å². The second-order valence-electron chi connectivity index (χ2n) is 10.5. The lowest BCUT2D eigenvalue weighted by molar-refractivity contribution is -0.135. The minimum atomic E-state index is -4.19. The standard InChI is InChI=1S/C26H35NO6SSi/c1-19-12-14-21(15-13-19)34(30,31)27-22(18-32-35(5,6)26(2,3)4)23(16-17-24(27)28)33-25(29)20-10-8-7-9-11-20/h7-15,22-23H,16-18H2,1-6H3/t22-,23-/m0/s1. The number of piperidine rings is 1. The van der Waals surface area contributed by atoms with E-state index >= 15 is 0 Å². The van der Waals surface area contributed by atoms with Crippen molar-refractivity contribution >= 4 is 30.2 Å². The molecule has 2 aromatic rings. The average molecular weight is 518 g/mol. The zero-order chi connectivity index (χ0) is 26.0. The van der Waals surface area contributed by atoms with Gasteiger partial charge in [0, 0.05) is 6.42 Å². The number of ether oxygens (including phenoxy) is 1. The van der Waals surface area contributed by atoms with Gasteiger partial charge in [-0.3, -0.25) is 4.79 Å². The molecule has 1 saturated heterocycles. The summed E-state index contributed by atoms with van der Waals surface area (Å²) in [5.41, 5.74) is 1.27. The third-order valence-corrected chi connectivity index (χ3v) is 13.2. The first-order chi connectivity index (χ1) is 16.2. The lowest BCUT2D eigenvalue weighted by Crippen LogP contribution is -2.58. The molecule has 0 radical (unpaired) electrons. The minimum Gasteiger partial charge on any atom is -0.456 e. The Bertz CT molecular complexity index is 1160. The van der Waals surface area contributed by atoms with E-state index in [9.17, 15) is 18.0 Å². The summed E-state index contributed by atoms with van der Waals surface area (Å²) in [6, 6.07) is 13.9. The Morgan fingerprint density at radius 1 is 1.06 bits per heavy atom. The fraction of sp³-hybridized carbons (Fsp3) is 0.462. The Labute approximate surface area is 209 Å². The summed E-state index contributed by atoms with van der Waals surface area (Å²) in [5.74, 6) is -1.09. The van der Waals surface area contributed by atoms with Crippen LogP contribution in [0, 0.1) is 6.92 Å². The van der Waals surface area contributed by atoms with Gasteiger partial charge in [0.2, 0.25) is 5.91 Å². The van der Waals surface area contributed by atoms with Crippen LogP contribution in [0.15, 0.2) is 59.5 Å². The van der Waals surface area contributed by atoms with E-state index in [0.29, 0.717) is 5.56 Å². The first-order valence-corrected chi connectivity index (χ1v) is 16.1. The molecule has 0 N–H and O–H groups in total. The van der Waals surface area contributed by atoms with E-state index in [-0.39, 0.29) is 29.4 Å². The largest absolute Gasteiger partial charge is 0.456 e. The number of aryl methyl sites for hydroxylation is 1. The van der Waals surface area contributed by atoms with Crippen LogP contribution in [0.2, 0.25) is 18.1 Å². The van der Waals surface area contributed by atoms with E-state index in [1.165, 1.54) is 12.1 Å². The maximum atomic E-state index is 13.7. The van der Waals surface area contributed by atoms with Crippen molar-refractivity contribution in [2.24, 2.45) is 0 Å². The molecule has 7 nitrogen and oxygen atoms in total. The van der Waals surface area contributed by atoms with Crippen LogP contribution in [0.4, 0.5) is 0 Å². The fourth-order valence-corrected chi connectivity index (χ4v) is 6.28. The quantitative estimate of drug-likeness (QED) is 0.382. The van der Waals surface area contributed by atoms with E-state index < -0.39 is 42.4 Å². The number of carbonyl (C=O) groups is 2. The SMILES string of the molecule is Cc1ccc(S(=O)(=O)N2C(=O)CC[C@H](OC(=O)c3ccccc3)[C@@H]2CO[Si](C)(C)C(C)(C)C)cc1. The van der Waals surface area contributed by atoms with Gasteiger partial charge in [-0.15, -0.1) is 0 Å². The number of sulfonamides is 1. The van der Waals surface area contributed by atoms with Crippen molar-refractivity contribution in [3.05, 3.63) is 65.7 Å². The number of hydrogen-bond acceptors (Lipinski definition) is 6. The van der Waals surface area contributed by atoms with Crippen molar-refractivity contribution in [3.63, 3.8) is 0 Å². The Morgan fingerprint density at radius 3 is 2.23 bits per heavy atom. The molecule has 0 unspecified atom stereocenters. The normalized spacial score (nSPS) is 19.5. The zero-order valence-corrected chi connectivity index (χ0v) is 23.1. The minimum absolute atomic E-state index is 0.0174. The Hall–Kier alpha value is -2.49. The van der Waals surface area contributed by atoms with Gasteiger partial charge in [-0.25, -0.2) is 17.5 Å². The summed E-state index contributed by atoms with van der Waals surface area (Å²) in [6.07, 6.45) is -0.650. The maximum Gasteiger partial charge on any atom is 0.338 e. The molecule has 0 spiro atoms. The van der Waals surface area contributed by atoms with Crippen molar-refractivity contribution in [2.75, 3.05) is 6.61 Å². The van der Waals surface area contributed by atoms with E-state index in [4.69, 9.17) is 9.16 Å². The number of esters is 1. The molecule has 9 heteroatoms. The van der Waals surface area contributed by atoms with Crippen LogP contribution in [0.3, 0.4) is 0 Å². The third-order valence-electron chi connectivity index (χ3n) is 6.89. The molecule has 1 aliphatic heterocycles. The molecule has 1 heterocycles. The van der Waals surface area contributed by atoms with E-state index in [2.05, 4.69) is 33.9 Å². The molecule has 0 aliphatic carbocycles. The summed E-state index contributed by atoms with van der Waals surface area (Å²) in [7, 11) is -6.48. The lowest BCUT2D eigenvalue weighted by Gasteiger charge is -2.42. The third kappa shape index (κ3) is 6.02. The molecule has 1 fully saturated rings. The molecular weight excluding hydrogens is 482 g/mol. The van der Waals surface area contributed by atoms with Gasteiger partial charge >= 0.3 is 5.97 Å². The predicted molar refractivity (Wildman–Crippen MR) is 137 cm³/mol. The van der Waals surface area contributed by atoms with Gasteiger partial charge in [0.25, 0.3) is 10.0 Å². The van der Waals surface area contributed by atoms with Crippen LogP contribution in [-0.4, -0.2) is 51.7 Å². The van der Waals surface area contributed by atoms with Gasteiger partial charge in [0.05, 0.1) is 17.1 Å². The summed E-state index contributed by atoms with van der Waals surface area (Å²) < 4.78 is 40.4. The second-order valence-corrected chi connectivity index (χ2v) is 17.1. The lowest BCUT2D eigenvalue weighted by atomic mass is 10.0. The zero-order valence-electron chi connectivity index (χ0n) is 21.3. The highest BCUT2D eigenvalue weighted by Crippen LogP contribution is 2.38. The molecule has 190 valence electrons. The number of benzene rings is 2. The first-order valence-electron chi connectivity index (χ1n) is 11.8. The molecule has 0 bridgehead atoms. The van der Waals surface area contributed by atoms with Gasteiger partial charge < -0.3 is 9.16 Å². The van der Waals surface area contributed by atoms with Crippen LogP contribution < -0.4 is 0 Å².